The number of hydrogen-bond donors (Lipinski definition) is 1. The molecule has 0 saturated carbocycles. The lowest BCUT2D eigenvalue weighted by atomic mass is 10.1. The highest BCUT2D eigenvalue weighted by Gasteiger charge is 2.35. The van der Waals surface area contributed by atoms with Gasteiger partial charge in [-0.15, -0.1) is 0 Å². The first-order valence-corrected chi connectivity index (χ1v) is 6.47. The smallest absolute Gasteiger partial charge is 0.417 e. The SMILES string of the molecule is O=C(O)c1cc(Sc2ccc(F)cc2)ccc1C(F)(F)F. The molecule has 2 aromatic rings. The quantitative estimate of drug-likeness (QED) is 0.834. The van der Waals surface area contributed by atoms with E-state index in [-0.39, 0.29) is 0 Å². The Hall–Kier alpha value is -2.02. The Morgan fingerprint density at radius 2 is 1.57 bits per heavy atom. The van der Waals surface area contributed by atoms with Crippen LogP contribution < -0.4 is 0 Å². The van der Waals surface area contributed by atoms with Crippen molar-refractivity contribution in [3.05, 3.63) is 59.4 Å². The number of carboxylic acid groups (broad SMARTS) is 1. The van der Waals surface area contributed by atoms with E-state index >= 15 is 0 Å². The average molecular weight is 316 g/mol. The lowest BCUT2D eigenvalue weighted by Crippen LogP contribution is -2.12. The first kappa shape index (κ1) is 15.4. The number of alkyl halides is 3. The summed E-state index contributed by atoms with van der Waals surface area (Å²) >= 11 is 1.05. The fraction of sp³-hybridized carbons (Fsp3) is 0.0714. The molecule has 2 nitrogen and oxygen atoms in total. The van der Waals surface area contributed by atoms with Crippen molar-refractivity contribution in [3.8, 4) is 0 Å². The van der Waals surface area contributed by atoms with E-state index < -0.39 is 29.1 Å². The third-order valence-electron chi connectivity index (χ3n) is 2.58. The van der Waals surface area contributed by atoms with Crippen molar-refractivity contribution in [2.45, 2.75) is 16.0 Å². The maximum absolute atomic E-state index is 12.8. The molecule has 21 heavy (non-hydrogen) atoms. The maximum Gasteiger partial charge on any atom is 0.417 e. The largest absolute Gasteiger partial charge is 0.478 e. The summed E-state index contributed by atoms with van der Waals surface area (Å²) in [7, 11) is 0. The number of carbonyl (C=O) groups is 1. The minimum Gasteiger partial charge on any atom is -0.478 e. The third-order valence-corrected chi connectivity index (χ3v) is 3.57. The average Bonchev–Trinajstić information content (AvgIpc) is 2.40. The molecular weight excluding hydrogens is 308 g/mol. The molecule has 0 radical (unpaired) electrons. The Labute approximate surface area is 121 Å². The van der Waals surface area contributed by atoms with E-state index in [9.17, 15) is 22.4 Å². The molecule has 0 heterocycles. The summed E-state index contributed by atoms with van der Waals surface area (Å²) in [6.07, 6.45) is -4.73. The molecule has 0 saturated heterocycles. The lowest BCUT2D eigenvalue weighted by Gasteiger charge is -2.11. The fourth-order valence-corrected chi connectivity index (χ4v) is 2.51. The number of aromatic carboxylic acids is 1. The summed E-state index contributed by atoms with van der Waals surface area (Å²) in [6.45, 7) is 0. The Morgan fingerprint density at radius 3 is 2.10 bits per heavy atom. The van der Waals surface area contributed by atoms with Gasteiger partial charge in [-0.05, 0) is 42.5 Å². The molecule has 0 aliphatic heterocycles. The van der Waals surface area contributed by atoms with Crippen LogP contribution in [0, 0.1) is 5.82 Å². The summed E-state index contributed by atoms with van der Waals surface area (Å²) in [5.74, 6) is -2.08. The van der Waals surface area contributed by atoms with Gasteiger partial charge in [0.15, 0.2) is 0 Å². The van der Waals surface area contributed by atoms with Crippen molar-refractivity contribution >= 4 is 17.7 Å². The van der Waals surface area contributed by atoms with Crippen molar-refractivity contribution < 1.29 is 27.5 Å². The molecule has 0 fully saturated rings. The monoisotopic (exact) mass is 316 g/mol. The van der Waals surface area contributed by atoms with Crippen molar-refractivity contribution in [1.29, 1.82) is 0 Å². The van der Waals surface area contributed by atoms with Crippen molar-refractivity contribution in [3.63, 3.8) is 0 Å². The second-order valence-corrected chi connectivity index (χ2v) is 5.21. The molecular formula is C14H8F4O2S. The van der Waals surface area contributed by atoms with Crippen molar-refractivity contribution in [2.75, 3.05) is 0 Å². The van der Waals surface area contributed by atoms with Crippen LogP contribution in [0.5, 0.6) is 0 Å². The fourth-order valence-electron chi connectivity index (χ4n) is 1.65. The van der Waals surface area contributed by atoms with E-state index in [0.717, 1.165) is 23.9 Å². The molecule has 0 unspecified atom stereocenters. The second-order valence-electron chi connectivity index (χ2n) is 4.07. The first-order valence-electron chi connectivity index (χ1n) is 5.65. The zero-order chi connectivity index (χ0) is 15.6. The molecule has 7 heteroatoms. The molecule has 0 aliphatic rings. The summed E-state index contributed by atoms with van der Waals surface area (Å²) < 4.78 is 50.9. The van der Waals surface area contributed by atoms with E-state index in [1.165, 1.54) is 30.3 Å². The van der Waals surface area contributed by atoms with Crippen LogP contribution in [0.1, 0.15) is 15.9 Å². The predicted molar refractivity (Wildman–Crippen MR) is 68.9 cm³/mol. The van der Waals surface area contributed by atoms with E-state index in [4.69, 9.17) is 5.11 Å². The van der Waals surface area contributed by atoms with Gasteiger partial charge in [0.1, 0.15) is 5.82 Å². The van der Waals surface area contributed by atoms with Gasteiger partial charge < -0.3 is 5.11 Å². The van der Waals surface area contributed by atoms with Crippen LogP contribution in [0.2, 0.25) is 0 Å². The molecule has 2 aromatic carbocycles. The van der Waals surface area contributed by atoms with Crippen LogP contribution in [0.4, 0.5) is 17.6 Å². The number of rotatable bonds is 3. The molecule has 0 spiro atoms. The van der Waals surface area contributed by atoms with Crippen LogP contribution in [0.15, 0.2) is 52.3 Å². The standard InChI is InChI=1S/C14H8F4O2S/c15-8-1-3-9(4-2-8)21-10-5-6-12(14(16,17)18)11(7-10)13(19)20/h1-7H,(H,19,20). The van der Waals surface area contributed by atoms with Gasteiger partial charge in [0.25, 0.3) is 0 Å². The van der Waals surface area contributed by atoms with Crippen LogP contribution in [0.3, 0.4) is 0 Å². The van der Waals surface area contributed by atoms with Gasteiger partial charge in [0, 0.05) is 9.79 Å². The topological polar surface area (TPSA) is 37.3 Å². The highest BCUT2D eigenvalue weighted by molar-refractivity contribution is 7.99. The van der Waals surface area contributed by atoms with Gasteiger partial charge in [-0.25, -0.2) is 9.18 Å². The predicted octanol–water partition coefficient (Wildman–Crippen LogP) is 4.69. The number of halogens is 4. The summed E-state index contributed by atoms with van der Waals surface area (Å²) in [5, 5.41) is 8.90. The highest BCUT2D eigenvalue weighted by Crippen LogP contribution is 2.36. The molecule has 0 amide bonds. The van der Waals surface area contributed by atoms with Crippen LogP contribution in [0.25, 0.3) is 0 Å². The second kappa shape index (κ2) is 5.77. The van der Waals surface area contributed by atoms with Crippen LogP contribution in [-0.2, 0) is 6.18 Å². The zero-order valence-corrected chi connectivity index (χ0v) is 11.1. The van der Waals surface area contributed by atoms with Crippen molar-refractivity contribution in [2.24, 2.45) is 0 Å². The Balaban J connectivity index is 2.36. The Kier molecular flexibility index (Phi) is 4.22. The van der Waals surface area contributed by atoms with Crippen LogP contribution >= 0.6 is 11.8 Å². The first-order chi connectivity index (χ1) is 9.77. The molecule has 1 N–H and O–H groups in total. The molecule has 0 atom stereocenters. The normalized spacial score (nSPS) is 11.4. The van der Waals surface area contributed by atoms with Crippen molar-refractivity contribution in [1.82, 2.24) is 0 Å². The van der Waals surface area contributed by atoms with E-state index in [1.807, 2.05) is 0 Å². The number of benzene rings is 2. The van der Waals surface area contributed by atoms with E-state index in [2.05, 4.69) is 0 Å². The third kappa shape index (κ3) is 3.75. The van der Waals surface area contributed by atoms with Gasteiger partial charge in [-0.1, -0.05) is 11.8 Å². The Bertz CT molecular complexity index is 666. The van der Waals surface area contributed by atoms with E-state index in [1.54, 1.807) is 0 Å². The summed E-state index contributed by atoms with van der Waals surface area (Å²) in [5.41, 5.74) is -2.01. The maximum atomic E-state index is 12.8. The highest BCUT2D eigenvalue weighted by atomic mass is 32.2. The molecule has 0 aromatic heterocycles. The summed E-state index contributed by atoms with van der Waals surface area (Å²) in [6, 6.07) is 8.21. The summed E-state index contributed by atoms with van der Waals surface area (Å²) in [4.78, 5) is 11.9. The Morgan fingerprint density at radius 1 is 1.00 bits per heavy atom. The number of carboxylic acids is 1. The van der Waals surface area contributed by atoms with E-state index in [0.29, 0.717) is 9.79 Å². The minimum atomic E-state index is -4.73. The molecule has 0 bridgehead atoms. The van der Waals surface area contributed by atoms with Gasteiger partial charge in [-0.3, -0.25) is 0 Å². The van der Waals surface area contributed by atoms with Gasteiger partial charge in [0.2, 0.25) is 0 Å². The number of hydrogen-bond acceptors (Lipinski definition) is 2. The molecule has 2 rings (SSSR count). The van der Waals surface area contributed by atoms with Gasteiger partial charge >= 0.3 is 12.1 Å². The molecule has 110 valence electrons. The van der Waals surface area contributed by atoms with Gasteiger partial charge in [0.05, 0.1) is 11.1 Å². The van der Waals surface area contributed by atoms with Gasteiger partial charge in [-0.2, -0.15) is 13.2 Å². The zero-order valence-electron chi connectivity index (χ0n) is 10.3. The molecule has 0 aliphatic carbocycles. The minimum absolute atomic E-state index is 0.326. The lowest BCUT2D eigenvalue weighted by molar-refractivity contribution is -0.138. The van der Waals surface area contributed by atoms with Crippen LogP contribution in [-0.4, -0.2) is 11.1 Å².